The number of nitrogens with zero attached hydrogens (tertiary/aromatic N) is 1. The minimum Gasteiger partial charge on any atom is -0.357 e. The average Bonchev–Trinajstić information content (AvgIpc) is 2.42. The van der Waals surface area contributed by atoms with Crippen LogP contribution >= 0.6 is 11.8 Å². The van der Waals surface area contributed by atoms with Gasteiger partial charge in [-0.1, -0.05) is 24.3 Å². The first kappa shape index (κ1) is 14.6. The molecule has 0 radical (unpaired) electrons. The van der Waals surface area contributed by atoms with Gasteiger partial charge in [0.1, 0.15) is 0 Å². The summed E-state index contributed by atoms with van der Waals surface area (Å²) in [5.74, 6) is 1.83. The Kier molecular flexibility index (Phi) is 7.80. The fraction of sp³-hybridized carbons (Fsp3) is 0.357. The van der Waals surface area contributed by atoms with E-state index in [1.165, 1.54) is 4.90 Å². The Labute approximate surface area is 114 Å². The number of aliphatic imine (C=N–C) groups is 1. The number of hydrogen-bond donors (Lipinski definition) is 2. The zero-order valence-corrected chi connectivity index (χ0v) is 11.7. The maximum atomic E-state index is 4.49. The minimum absolute atomic E-state index is 0.734. The molecule has 0 saturated carbocycles. The van der Waals surface area contributed by atoms with Crippen LogP contribution < -0.4 is 10.6 Å². The van der Waals surface area contributed by atoms with Crippen molar-refractivity contribution in [1.29, 1.82) is 0 Å². The van der Waals surface area contributed by atoms with Gasteiger partial charge in [0, 0.05) is 23.7 Å². The molecule has 0 spiro atoms. The van der Waals surface area contributed by atoms with E-state index < -0.39 is 0 Å². The summed E-state index contributed by atoms with van der Waals surface area (Å²) in [6.07, 6.45) is 1.82. The summed E-state index contributed by atoms with van der Waals surface area (Å²) >= 11 is 1.82. The fourth-order valence-electron chi connectivity index (χ4n) is 1.35. The summed E-state index contributed by atoms with van der Waals surface area (Å²) < 4.78 is 0. The Balaban J connectivity index is 2.29. The van der Waals surface area contributed by atoms with Crippen LogP contribution in [0.15, 0.2) is 52.9 Å². The number of thioether (sulfide) groups is 1. The highest BCUT2D eigenvalue weighted by atomic mass is 32.2. The molecular formula is C14H21N3S. The van der Waals surface area contributed by atoms with Crippen molar-refractivity contribution in [2.75, 3.05) is 25.4 Å². The lowest BCUT2D eigenvalue weighted by Crippen LogP contribution is -2.37. The first-order valence-corrected chi connectivity index (χ1v) is 7.16. The Bertz CT molecular complexity index is 363. The van der Waals surface area contributed by atoms with E-state index in [1.807, 2.05) is 23.9 Å². The van der Waals surface area contributed by atoms with Gasteiger partial charge in [0.15, 0.2) is 5.96 Å². The van der Waals surface area contributed by atoms with Crippen molar-refractivity contribution in [2.45, 2.75) is 11.8 Å². The minimum atomic E-state index is 0.734. The van der Waals surface area contributed by atoms with E-state index in [1.54, 1.807) is 0 Å². The van der Waals surface area contributed by atoms with Crippen LogP contribution in [0, 0.1) is 0 Å². The third-order valence-electron chi connectivity index (χ3n) is 2.13. The molecule has 0 unspecified atom stereocenters. The maximum absolute atomic E-state index is 4.49. The van der Waals surface area contributed by atoms with E-state index in [2.05, 4.69) is 53.4 Å². The largest absolute Gasteiger partial charge is 0.357 e. The molecule has 98 valence electrons. The van der Waals surface area contributed by atoms with Crippen LogP contribution in [0.1, 0.15) is 6.92 Å². The standard InChI is InChI=1S/C14H21N3S/c1-3-10-16-14(15-4-2)17-11-12-18-13-8-6-5-7-9-13/h3,5-9H,1,4,10-12H2,2H3,(H2,15,16,17). The lowest BCUT2D eigenvalue weighted by Gasteiger charge is -2.09. The van der Waals surface area contributed by atoms with Crippen molar-refractivity contribution in [2.24, 2.45) is 4.99 Å². The monoisotopic (exact) mass is 263 g/mol. The normalized spacial score (nSPS) is 11.1. The van der Waals surface area contributed by atoms with E-state index in [9.17, 15) is 0 Å². The second-order valence-electron chi connectivity index (χ2n) is 3.59. The van der Waals surface area contributed by atoms with Gasteiger partial charge in [0.25, 0.3) is 0 Å². The third kappa shape index (κ3) is 6.35. The number of benzene rings is 1. The van der Waals surface area contributed by atoms with Crippen molar-refractivity contribution in [3.8, 4) is 0 Å². The average molecular weight is 263 g/mol. The highest BCUT2D eigenvalue weighted by Gasteiger charge is 1.95. The van der Waals surface area contributed by atoms with Gasteiger partial charge in [-0.05, 0) is 19.1 Å². The van der Waals surface area contributed by atoms with Crippen LogP contribution in [0.4, 0.5) is 0 Å². The van der Waals surface area contributed by atoms with Crippen LogP contribution in [0.5, 0.6) is 0 Å². The van der Waals surface area contributed by atoms with Gasteiger partial charge >= 0.3 is 0 Å². The molecule has 0 heterocycles. The van der Waals surface area contributed by atoms with Gasteiger partial charge in [-0.3, -0.25) is 4.99 Å². The molecule has 1 aromatic rings. The van der Waals surface area contributed by atoms with E-state index in [4.69, 9.17) is 0 Å². The first-order valence-electron chi connectivity index (χ1n) is 6.17. The van der Waals surface area contributed by atoms with Crippen LogP contribution in [0.3, 0.4) is 0 Å². The van der Waals surface area contributed by atoms with Crippen molar-refractivity contribution >= 4 is 17.7 Å². The molecule has 0 aliphatic carbocycles. The summed E-state index contributed by atoms with van der Waals surface area (Å²) in [7, 11) is 0. The quantitative estimate of drug-likeness (QED) is 0.261. The van der Waals surface area contributed by atoms with Gasteiger partial charge in [0.2, 0.25) is 0 Å². The fourth-order valence-corrected chi connectivity index (χ4v) is 2.12. The van der Waals surface area contributed by atoms with E-state index in [-0.39, 0.29) is 0 Å². The van der Waals surface area contributed by atoms with Gasteiger partial charge in [-0.2, -0.15) is 0 Å². The SMILES string of the molecule is C=CCNC(=NCCSc1ccccc1)NCC. The predicted molar refractivity (Wildman–Crippen MR) is 81.3 cm³/mol. The smallest absolute Gasteiger partial charge is 0.191 e. The molecule has 0 saturated heterocycles. The molecule has 0 aliphatic heterocycles. The van der Waals surface area contributed by atoms with E-state index >= 15 is 0 Å². The topological polar surface area (TPSA) is 36.4 Å². The second kappa shape index (κ2) is 9.59. The lowest BCUT2D eigenvalue weighted by molar-refractivity contribution is 0.868. The van der Waals surface area contributed by atoms with Gasteiger partial charge < -0.3 is 10.6 Å². The zero-order valence-electron chi connectivity index (χ0n) is 10.9. The molecule has 0 bridgehead atoms. The lowest BCUT2D eigenvalue weighted by atomic mass is 10.4. The summed E-state index contributed by atoms with van der Waals surface area (Å²) in [6.45, 7) is 8.14. The van der Waals surface area contributed by atoms with Crippen LogP contribution in [-0.4, -0.2) is 31.3 Å². The molecule has 0 aromatic heterocycles. The van der Waals surface area contributed by atoms with Crippen LogP contribution in [0.2, 0.25) is 0 Å². The zero-order chi connectivity index (χ0) is 13.1. The first-order chi connectivity index (χ1) is 8.86. The number of guanidine groups is 1. The van der Waals surface area contributed by atoms with E-state index in [0.717, 1.165) is 31.3 Å². The highest BCUT2D eigenvalue weighted by molar-refractivity contribution is 7.99. The molecule has 3 nitrogen and oxygen atoms in total. The number of hydrogen-bond acceptors (Lipinski definition) is 2. The molecule has 0 fully saturated rings. The van der Waals surface area contributed by atoms with Crippen molar-refractivity contribution in [3.05, 3.63) is 43.0 Å². The molecular weight excluding hydrogens is 242 g/mol. The molecule has 18 heavy (non-hydrogen) atoms. The number of rotatable bonds is 7. The Morgan fingerprint density at radius 3 is 2.78 bits per heavy atom. The Morgan fingerprint density at radius 1 is 1.33 bits per heavy atom. The molecule has 0 atom stereocenters. The Hall–Kier alpha value is -1.42. The summed E-state index contributed by atoms with van der Waals surface area (Å²) in [4.78, 5) is 5.78. The van der Waals surface area contributed by atoms with Crippen molar-refractivity contribution < 1.29 is 0 Å². The van der Waals surface area contributed by atoms with Crippen molar-refractivity contribution in [3.63, 3.8) is 0 Å². The molecule has 4 heteroatoms. The second-order valence-corrected chi connectivity index (χ2v) is 4.76. The van der Waals surface area contributed by atoms with Gasteiger partial charge in [-0.25, -0.2) is 0 Å². The third-order valence-corrected chi connectivity index (χ3v) is 3.12. The molecule has 2 N–H and O–H groups in total. The predicted octanol–water partition coefficient (Wildman–Crippen LogP) is 2.52. The van der Waals surface area contributed by atoms with Gasteiger partial charge in [-0.15, -0.1) is 18.3 Å². The summed E-state index contributed by atoms with van der Waals surface area (Å²) in [5.41, 5.74) is 0. The molecule has 0 amide bonds. The Morgan fingerprint density at radius 2 is 2.11 bits per heavy atom. The summed E-state index contributed by atoms with van der Waals surface area (Å²) in [6, 6.07) is 10.4. The summed E-state index contributed by atoms with van der Waals surface area (Å²) in [5, 5.41) is 6.38. The van der Waals surface area contributed by atoms with Crippen LogP contribution in [-0.2, 0) is 0 Å². The molecule has 1 rings (SSSR count). The van der Waals surface area contributed by atoms with E-state index in [0.29, 0.717) is 0 Å². The molecule has 1 aromatic carbocycles. The van der Waals surface area contributed by atoms with Gasteiger partial charge in [0.05, 0.1) is 6.54 Å². The highest BCUT2D eigenvalue weighted by Crippen LogP contribution is 2.16. The van der Waals surface area contributed by atoms with Crippen LogP contribution in [0.25, 0.3) is 0 Å². The van der Waals surface area contributed by atoms with Crippen molar-refractivity contribution in [1.82, 2.24) is 10.6 Å². The molecule has 0 aliphatic rings. The number of nitrogens with one attached hydrogen (secondary N) is 2. The maximum Gasteiger partial charge on any atom is 0.191 e.